The zero-order chi connectivity index (χ0) is 12.7. The van der Waals surface area contributed by atoms with Crippen LogP contribution in [0.4, 0.5) is 11.4 Å². The van der Waals surface area contributed by atoms with Crippen LogP contribution >= 0.6 is 0 Å². The molecule has 96 valence electrons. The van der Waals surface area contributed by atoms with Gasteiger partial charge in [-0.3, -0.25) is 4.79 Å². The molecule has 3 rings (SSSR count). The molecule has 4 N–H and O–H groups in total. The Morgan fingerprint density at radius 2 is 1.61 bits per heavy atom. The maximum atomic E-state index is 12.4. The van der Waals surface area contributed by atoms with E-state index >= 15 is 0 Å². The summed E-state index contributed by atoms with van der Waals surface area (Å²) in [4.78, 5) is 14.4. The zero-order valence-corrected chi connectivity index (χ0v) is 10.4. The topological polar surface area (TPSA) is 72.3 Å². The average molecular weight is 245 g/mol. The quantitative estimate of drug-likeness (QED) is 0.740. The molecule has 4 heteroatoms. The molecule has 1 aromatic rings. The van der Waals surface area contributed by atoms with Crippen molar-refractivity contribution in [3.63, 3.8) is 0 Å². The third-order valence-electron chi connectivity index (χ3n) is 4.24. The summed E-state index contributed by atoms with van der Waals surface area (Å²) >= 11 is 0. The molecule has 1 aliphatic carbocycles. The van der Waals surface area contributed by atoms with Gasteiger partial charge in [0.2, 0.25) is 0 Å². The summed E-state index contributed by atoms with van der Waals surface area (Å²) < 4.78 is 0. The van der Waals surface area contributed by atoms with Crippen LogP contribution in [0.25, 0.3) is 0 Å². The first-order valence-corrected chi connectivity index (χ1v) is 6.59. The van der Waals surface area contributed by atoms with Gasteiger partial charge in [0, 0.05) is 30.0 Å². The Labute approximate surface area is 107 Å². The summed E-state index contributed by atoms with van der Waals surface area (Å²) in [6, 6.07) is 5.11. The van der Waals surface area contributed by atoms with Gasteiger partial charge in [-0.15, -0.1) is 0 Å². The van der Waals surface area contributed by atoms with Gasteiger partial charge in [0.15, 0.2) is 0 Å². The zero-order valence-electron chi connectivity index (χ0n) is 10.4. The number of nitrogens with zero attached hydrogens (tertiary/aromatic N) is 1. The van der Waals surface area contributed by atoms with E-state index in [1.807, 2.05) is 4.90 Å². The van der Waals surface area contributed by atoms with Gasteiger partial charge < -0.3 is 16.4 Å². The van der Waals surface area contributed by atoms with Crippen molar-refractivity contribution in [1.29, 1.82) is 0 Å². The number of benzene rings is 1. The number of amides is 1. The van der Waals surface area contributed by atoms with Crippen molar-refractivity contribution in [2.45, 2.75) is 19.3 Å². The molecular formula is C14H19N3O. The van der Waals surface area contributed by atoms with E-state index in [4.69, 9.17) is 11.5 Å². The Bertz CT molecular complexity index is 454. The minimum atomic E-state index is 0.0726. The number of hydrogen-bond donors (Lipinski definition) is 2. The van der Waals surface area contributed by atoms with Crippen molar-refractivity contribution in [3.05, 3.63) is 23.8 Å². The minimum Gasteiger partial charge on any atom is -0.399 e. The molecule has 1 saturated heterocycles. The predicted octanol–water partition coefficient (Wildman–Crippen LogP) is 1.72. The first-order valence-electron chi connectivity index (χ1n) is 6.59. The third kappa shape index (κ3) is 1.92. The van der Waals surface area contributed by atoms with Crippen molar-refractivity contribution in [1.82, 2.24) is 4.90 Å². The van der Waals surface area contributed by atoms with Crippen LogP contribution in [0, 0.1) is 11.8 Å². The number of fused-ring (bicyclic) bond motifs is 1. The van der Waals surface area contributed by atoms with Crippen molar-refractivity contribution in [2.24, 2.45) is 11.8 Å². The number of nitrogen functional groups attached to an aromatic ring is 2. The number of carbonyl (C=O) groups is 1. The van der Waals surface area contributed by atoms with E-state index in [1.54, 1.807) is 18.2 Å². The molecule has 1 amide bonds. The van der Waals surface area contributed by atoms with Crippen LogP contribution < -0.4 is 11.5 Å². The Morgan fingerprint density at radius 3 is 2.17 bits per heavy atom. The lowest BCUT2D eigenvalue weighted by atomic mass is 10.0. The van der Waals surface area contributed by atoms with Crippen LogP contribution in [0.1, 0.15) is 29.6 Å². The van der Waals surface area contributed by atoms with Gasteiger partial charge in [-0.05, 0) is 42.9 Å². The molecule has 0 aromatic heterocycles. The van der Waals surface area contributed by atoms with E-state index in [0.717, 1.165) is 13.1 Å². The fraction of sp³-hybridized carbons (Fsp3) is 0.500. The van der Waals surface area contributed by atoms with E-state index in [9.17, 15) is 4.79 Å². The smallest absolute Gasteiger partial charge is 0.254 e. The maximum Gasteiger partial charge on any atom is 0.254 e. The monoisotopic (exact) mass is 245 g/mol. The van der Waals surface area contributed by atoms with Crippen LogP contribution in [-0.4, -0.2) is 23.9 Å². The van der Waals surface area contributed by atoms with Gasteiger partial charge in [0.25, 0.3) is 5.91 Å². The molecule has 1 saturated carbocycles. The Hall–Kier alpha value is -1.71. The van der Waals surface area contributed by atoms with E-state index in [1.165, 1.54) is 19.3 Å². The first kappa shape index (κ1) is 11.4. The number of rotatable bonds is 1. The van der Waals surface area contributed by atoms with Gasteiger partial charge in [-0.1, -0.05) is 6.42 Å². The van der Waals surface area contributed by atoms with Crippen LogP contribution in [0.15, 0.2) is 18.2 Å². The van der Waals surface area contributed by atoms with Gasteiger partial charge >= 0.3 is 0 Å². The molecule has 18 heavy (non-hydrogen) atoms. The lowest BCUT2D eigenvalue weighted by molar-refractivity contribution is 0.0781. The van der Waals surface area contributed by atoms with E-state index in [-0.39, 0.29) is 5.91 Å². The first-order chi connectivity index (χ1) is 8.63. The Kier molecular flexibility index (Phi) is 2.65. The molecule has 1 heterocycles. The largest absolute Gasteiger partial charge is 0.399 e. The van der Waals surface area contributed by atoms with Crippen LogP contribution in [0.5, 0.6) is 0 Å². The van der Waals surface area contributed by atoms with Crippen molar-refractivity contribution in [3.8, 4) is 0 Å². The number of likely N-dealkylation sites (tertiary alicyclic amines) is 1. The third-order valence-corrected chi connectivity index (χ3v) is 4.24. The SMILES string of the molecule is Nc1cc(N)cc(C(=O)N2CC3CCCC3C2)c1. The van der Waals surface area contributed by atoms with Crippen molar-refractivity contribution in [2.75, 3.05) is 24.6 Å². The highest BCUT2D eigenvalue weighted by molar-refractivity contribution is 5.96. The maximum absolute atomic E-state index is 12.4. The van der Waals surface area contributed by atoms with Gasteiger partial charge in [-0.2, -0.15) is 0 Å². The van der Waals surface area contributed by atoms with Gasteiger partial charge in [-0.25, -0.2) is 0 Å². The van der Waals surface area contributed by atoms with Crippen molar-refractivity contribution < 1.29 is 4.79 Å². The second-order valence-corrected chi connectivity index (χ2v) is 5.55. The molecule has 2 fully saturated rings. The summed E-state index contributed by atoms with van der Waals surface area (Å²) in [7, 11) is 0. The summed E-state index contributed by atoms with van der Waals surface area (Å²) in [6.45, 7) is 1.80. The number of carbonyl (C=O) groups excluding carboxylic acids is 1. The number of anilines is 2. The van der Waals surface area contributed by atoms with Gasteiger partial charge in [0.05, 0.1) is 0 Å². The molecule has 2 unspecified atom stereocenters. The molecular weight excluding hydrogens is 226 g/mol. The number of hydrogen-bond acceptors (Lipinski definition) is 3. The van der Waals surface area contributed by atoms with Gasteiger partial charge in [0.1, 0.15) is 0 Å². The predicted molar refractivity (Wildman–Crippen MR) is 72.0 cm³/mol. The number of nitrogens with two attached hydrogens (primary N) is 2. The second-order valence-electron chi connectivity index (χ2n) is 5.55. The summed E-state index contributed by atoms with van der Waals surface area (Å²) in [5.41, 5.74) is 13.2. The highest BCUT2D eigenvalue weighted by Gasteiger charge is 2.38. The van der Waals surface area contributed by atoms with Crippen molar-refractivity contribution >= 4 is 17.3 Å². The summed E-state index contributed by atoms with van der Waals surface area (Å²) in [5.74, 6) is 1.50. The van der Waals surface area contributed by atoms with Crippen LogP contribution in [-0.2, 0) is 0 Å². The lowest BCUT2D eigenvalue weighted by Crippen LogP contribution is -2.29. The molecule has 0 radical (unpaired) electrons. The van der Waals surface area contributed by atoms with Crippen LogP contribution in [0.2, 0.25) is 0 Å². The molecule has 1 aromatic carbocycles. The molecule has 2 aliphatic rings. The second kappa shape index (κ2) is 4.19. The van der Waals surface area contributed by atoms with E-state index < -0.39 is 0 Å². The normalized spacial score (nSPS) is 26.3. The van der Waals surface area contributed by atoms with E-state index in [0.29, 0.717) is 28.8 Å². The molecule has 4 nitrogen and oxygen atoms in total. The highest BCUT2D eigenvalue weighted by Crippen LogP contribution is 2.38. The molecule has 1 aliphatic heterocycles. The minimum absolute atomic E-state index is 0.0726. The standard InChI is InChI=1S/C14H19N3O/c15-12-4-11(5-13(16)6-12)14(18)17-7-9-2-1-3-10(9)8-17/h4-6,9-10H,1-3,7-8,15-16H2. The molecule has 2 atom stereocenters. The fourth-order valence-electron chi connectivity index (χ4n) is 3.38. The van der Waals surface area contributed by atoms with E-state index in [2.05, 4.69) is 0 Å². The fourth-order valence-corrected chi connectivity index (χ4v) is 3.38. The average Bonchev–Trinajstić information content (AvgIpc) is 2.86. The Morgan fingerprint density at radius 1 is 1.06 bits per heavy atom. The summed E-state index contributed by atoms with van der Waals surface area (Å²) in [6.07, 6.45) is 3.86. The molecule has 0 bridgehead atoms. The lowest BCUT2D eigenvalue weighted by Gasteiger charge is -2.17. The Balaban J connectivity index is 1.78. The molecule has 0 spiro atoms. The summed E-state index contributed by atoms with van der Waals surface area (Å²) in [5, 5.41) is 0. The van der Waals surface area contributed by atoms with Crippen LogP contribution in [0.3, 0.4) is 0 Å². The highest BCUT2D eigenvalue weighted by atomic mass is 16.2.